The van der Waals surface area contributed by atoms with Gasteiger partial charge in [0.25, 0.3) is 0 Å². The molecule has 0 radical (unpaired) electrons. The predicted octanol–water partition coefficient (Wildman–Crippen LogP) is 2.99. The Kier molecular flexibility index (Phi) is 3.16. The van der Waals surface area contributed by atoms with Gasteiger partial charge in [-0.3, -0.25) is 4.98 Å². The second-order valence-electron chi connectivity index (χ2n) is 3.92. The summed E-state index contributed by atoms with van der Waals surface area (Å²) < 4.78 is 6.44. The third kappa shape index (κ3) is 2.33. The molecule has 0 aliphatic rings. The Balaban J connectivity index is 3.29. The van der Waals surface area contributed by atoms with Crippen LogP contribution in [0.3, 0.4) is 0 Å². The first kappa shape index (κ1) is 10.8. The molecule has 0 aliphatic carbocycles. The van der Waals surface area contributed by atoms with Crippen LogP contribution in [0.15, 0.2) is 12.3 Å². The van der Waals surface area contributed by atoms with E-state index in [1.54, 1.807) is 7.11 Å². The van der Waals surface area contributed by atoms with Crippen LogP contribution in [0.4, 0.5) is 0 Å². The molecular formula is C10H14INO. The highest BCUT2D eigenvalue weighted by molar-refractivity contribution is 14.1. The van der Waals surface area contributed by atoms with Crippen molar-refractivity contribution in [3.8, 4) is 5.75 Å². The molecule has 3 heteroatoms. The number of nitrogens with zero attached hydrogens (tertiary/aromatic N) is 1. The fraction of sp³-hybridized carbons (Fsp3) is 0.500. The van der Waals surface area contributed by atoms with Gasteiger partial charge in [-0.1, -0.05) is 20.8 Å². The van der Waals surface area contributed by atoms with Crippen molar-refractivity contribution in [1.82, 2.24) is 4.98 Å². The molecule has 1 aromatic rings. The molecule has 1 heterocycles. The lowest BCUT2D eigenvalue weighted by atomic mass is 9.91. The highest BCUT2D eigenvalue weighted by Gasteiger charge is 2.21. The van der Waals surface area contributed by atoms with E-state index < -0.39 is 0 Å². The molecule has 0 saturated carbocycles. The maximum atomic E-state index is 5.33. The fourth-order valence-corrected chi connectivity index (χ4v) is 1.79. The first-order chi connectivity index (χ1) is 5.96. The van der Waals surface area contributed by atoms with Crippen LogP contribution >= 0.6 is 22.6 Å². The van der Waals surface area contributed by atoms with E-state index in [1.807, 2.05) is 12.3 Å². The van der Waals surface area contributed by atoms with Crippen LogP contribution in [0.5, 0.6) is 5.75 Å². The molecule has 0 unspecified atom stereocenters. The SMILES string of the molecule is COc1c(I)ccnc1C(C)(C)C. The van der Waals surface area contributed by atoms with Crippen molar-refractivity contribution in [3.63, 3.8) is 0 Å². The van der Waals surface area contributed by atoms with Crippen LogP contribution in [0.2, 0.25) is 0 Å². The summed E-state index contributed by atoms with van der Waals surface area (Å²) in [4.78, 5) is 4.35. The summed E-state index contributed by atoms with van der Waals surface area (Å²) in [5.41, 5.74) is 1.05. The van der Waals surface area contributed by atoms with Crippen molar-refractivity contribution in [2.45, 2.75) is 26.2 Å². The molecule has 1 aromatic heterocycles. The van der Waals surface area contributed by atoms with Crippen molar-refractivity contribution in [3.05, 3.63) is 21.5 Å². The Morgan fingerprint density at radius 1 is 1.38 bits per heavy atom. The Hall–Kier alpha value is -0.320. The number of methoxy groups -OCH3 is 1. The average molecular weight is 291 g/mol. The van der Waals surface area contributed by atoms with E-state index in [9.17, 15) is 0 Å². The summed E-state index contributed by atoms with van der Waals surface area (Å²) in [5.74, 6) is 0.899. The minimum absolute atomic E-state index is 0.0343. The van der Waals surface area contributed by atoms with E-state index in [0.29, 0.717) is 0 Å². The molecule has 0 saturated heterocycles. The Bertz CT molecular complexity index is 304. The van der Waals surface area contributed by atoms with Crippen LogP contribution in [0, 0.1) is 3.57 Å². The minimum atomic E-state index is 0.0343. The van der Waals surface area contributed by atoms with Crippen LogP contribution in [-0.2, 0) is 5.41 Å². The van der Waals surface area contributed by atoms with Gasteiger partial charge in [-0.15, -0.1) is 0 Å². The number of aromatic nitrogens is 1. The first-order valence-corrected chi connectivity index (χ1v) is 5.23. The number of halogens is 1. The van der Waals surface area contributed by atoms with Crippen molar-refractivity contribution in [2.24, 2.45) is 0 Å². The Labute approximate surface area is 92.9 Å². The zero-order valence-corrected chi connectivity index (χ0v) is 10.5. The van der Waals surface area contributed by atoms with Crippen LogP contribution in [-0.4, -0.2) is 12.1 Å². The van der Waals surface area contributed by atoms with Gasteiger partial charge in [-0.05, 0) is 28.7 Å². The van der Waals surface area contributed by atoms with Gasteiger partial charge in [0, 0.05) is 11.6 Å². The normalized spacial score (nSPS) is 11.5. The molecule has 1 rings (SSSR count). The third-order valence-corrected chi connectivity index (χ3v) is 2.62. The van der Waals surface area contributed by atoms with Crippen LogP contribution < -0.4 is 4.74 Å². The monoisotopic (exact) mass is 291 g/mol. The summed E-state index contributed by atoms with van der Waals surface area (Å²) in [6, 6.07) is 1.95. The van der Waals surface area contributed by atoms with Gasteiger partial charge in [0.2, 0.25) is 0 Å². The lowest BCUT2D eigenvalue weighted by Crippen LogP contribution is -2.15. The lowest BCUT2D eigenvalue weighted by Gasteiger charge is -2.20. The van der Waals surface area contributed by atoms with Crippen molar-refractivity contribution < 1.29 is 4.74 Å². The highest BCUT2D eigenvalue weighted by Crippen LogP contribution is 2.32. The average Bonchev–Trinajstić information content (AvgIpc) is 2.02. The molecule has 0 atom stereocenters. The van der Waals surface area contributed by atoms with Crippen molar-refractivity contribution >= 4 is 22.6 Å². The van der Waals surface area contributed by atoms with Gasteiger partial charge in [0.1, 0.15) is 0 Å². The Morgan fingerprint density at radius 2 is 2.00 bits per heavy atom. The van der Waals surface area contributed by atoms with E-state index in [-0.39, 0.29) is 5.41 Å². The zero-order valence-electron chi connectivity index (χ0n) is 8.39. The summed E-state index contributed by atoms with van der Waals surface area (Å²) >= 11 is 2.26. The maximum absolute atomic E-state index is 5.33. The van der Waals surface area contributed by atoms with Gasteiger partial charge in [0.05, 0.1) is 16.4 Å². The molecule has 0 N–H and O–H groups in total. The second kappa shape index (κ2) is 3.82. The van der Waals surface area contributed by atoms with Gasteiger partial charge >= 0.3 is 0 Å². The molecule has 2 nitrogen and oxygen atoms in total. The number of hydrogen-bond acceptors (Lipinski definition) is 2. The maximum Gasteiger partial charge on any atom is 0.154 e. The van der Waals surface area contributed by atoms with Crippen molar-refractivity contribution in [1.29, 1.82) is 0 Å². The second-order valence-corrected chi connectivity index (χ2v) is 5.09. The topological polar surface area (TPSA) is 22.1 Å². The van der Waals surface area contributed by atoms with Crippen molar-refractivity contribution in [2.75, 3.05) is 7.11 Å². The van der Waals surface area contributed by atoms with Gasteiger partial charge in [0.15, 0.2) is 5.75 Å². The van der Waals surface area contributed by atoms with Crippen LogP contribution in [0.1, 0.15) is 26.5 Å². The van der Waals surface area contributed by atoms with E-state index >= 15 is 0 Å². The Morgan fingerprint density at radius 3 is 2.38 bits per heavy atom. The molecule has 0 bridgehead atoms. The van der Waals surface area contributed by atoms with E-state index in [1.165, 1.54) is 0 Å². The number of ether oxygens (including phenoxy) is 1. The van der Waals surface area contributed by atoms with E-state index in [4.69, 9.17) is 4.74 Å². The van der Waals surface area contributed by atoms with Gasteiger partial charge < -0.3 is 4.74 Å². The molecule has 0 aromatic carbocycles. The quantitative estimate of drug-likeness (QED) is 0.742. The molecular weight excluding hydrogens is 277 g/mol. The number of hydrogen-bond donors (Lipinski definition) is 0. The number of pyridine rings is 1. The molecule has 0 aliphatic heterocycles. The molecule has 0 amide bonds. The zero-order chi connectivity index (χ0) is 10.1. The predicted molar refractivity (Wildman–Crippen MR) is 62.2 cm³/mol. The molecule has 0 spiro atoms. The summed E-state index contributed by atoms with van der Waals surface area (Å²) in [5, 5.41) is 0. The lowest BCUT2D eigenvalue weighted by molar-refractivity contribution is 0.389. The van der Waals surface area contributed by atoms with E-state index in [2.05, 4.69) is 48.3 Å². The minimum Gasteiger partial charge on any atom is -0.494 e. The van der Waals surface area contributed by atoms with E-state index in [0.717, 1.165) is 15.0 Å². The third-order valence-electron chi connectivity index (χ3n) is 1.77. The first-order valence-electron chi connectivity index (χ1n) is 4.16. The standard InChI is InChI=1S/C10H14INO/c1-10(2,3)9-8(13-4)7(11)5-6-12-9/h5-6H,1-4H3. The smallest absolute Gasteiger partial charge is 0.154 e. The largest absolute Gasteiger partial charge is 0.494 e. The highest BCUT2D eigenvalue weighted by atomic mass is 127. The molecule has 0 fully saturated rings. The molecule has 13 heavy (non-hydrogen) atoms. The molecule has 72 valence electrons. The summed E-state index contributed by atoms with van der Waals surface area (Å²) in [7, 11) is 1.69. The number of rotatable bonds is 1. The fourth-order valence-electron chi connectivity index (χ4n) is 1.15. The summed E-state index contributed by atoms with van der Waals surface area (Å²) in [6.45, 7) is 6.40. The summed E-state index contributed by atoms with van der Waals surface area (Å²) in [6.07, 6.45) is 1.82. The van der Waals surface area contributed by atoms with Gasteiger partial charge in [-0.25, -0.2) is 0 Å². The van der Waals surface area contributed by atoms with Crippen LogP contribution in [0.25, 0.3) is 0 Å². The van der Waals surface area contributed by atoms with Gasteiger partial charge in [-0.2, -0.15) is 0 Å².